The SMILES string of the molecule is CC1CCCCN1S(=O)(=O)c1ccc(C(=O)N(Cc2cccnc2)c2nc3c(F)cc(F)cc3s2)cc1. The number of hydrogen-bond acceptors (Lipinski definition) is 6. The van der Waals surface area contributed by atoms with Gasteiger partial charge in [0.1, 0.15) is 11.3 Å². The molecular weight excluding hydrogens is 518 g/mol. The van der Waals surface area contributed by atoms with Crippen molar-refractivity contribution in [3.8, 4) is 0 Å². The van der Waals surface area contributed by atoms with E-state index in [0.717, 1.165) is 36.7 Å². The Balaban J connectivity index is 1.49. The number of benzene rings is 2. The second kappa shape index (κ2) is 10.2. The molecule has 0 spiro atoms. The Labute approximate surface area is 217 Å². The highest BCUT2D eigenvalue weighted by Crippen LogP contribution is 2.33. The van der Waals surface area contributed by atoms with Crippen molar-refractivity contribution in [3.63, 3.8) is 0 Å². The van der Waals surface area contributed by atoms with Gasteiger partial charge in [-0.2, -0.15) is 4.31 Å². The number of pyridine rings is 1. The molecule has 1 atom stereocenters. The second-order valence-corrected chi connectivity index (χ2v) is 11.9. The standard InChI is InChI=1S/C26H24F2N4O3S2/c1-17-5-2-3-12-32(17)37(34,35)21-9-7-19(8-10-21)25(33)31(16-18-6-4-11-29-15-18)26-30-24-22(28)13-20(27)14-23(24)36-26/h4,6-11,13-15,17H,2-3,5,12,16H2,1H3. The molecule has 2 aromatic heterocycles. The maximum absolute atomic E-state index is 14.3. The number of anilines is 1. The lowest BCUT2D eigenvalue weighted by Crippen LogP contribution is -2.41. The van der Waals surface area contributed by atoms with Gasteiger partial charge < -0.3 is 0 Å². The van der Waals surface area contributed by atoms with Gasteiger partial charge in [0.15, 0.2) is 10.9 Å². The maximum atomic E-state index is 14.3. The molecule has 1 aliphatic rings. The summed E-state index contributed by atoms with van der Waals surface area (Å²) in [6, 6.07) is 11.2. The third kappa shape index (κ3) is 5.11. The highest BCUT2D eigenvalue weighted by Gasteiger charge is 2.31. The van der Waals surface area contributed by atoms with Crippen molar-refractivity contribution in [2.75, 3.05) is 11.4 Å². The van der Waals surface area contributed by atoms with Crippen molar-refractivity contribution in [2.45, 2.75) is 43.7 Å². The molecule has 5 rings (SSSR count). The molecule has 0 saturated carbocycles. The molecule has 1 amide bonds. The molecule has 0 bridgehead atoms. The third-order valence-corrected chi connectivity index (χ3v) is 9.44. The lowest BCUT2D eigenvalue weighted by atomic mass is 10.1. The molecule has 192 valence electrons. The number of nitrogens with zero attached hydrogens (tertiary/aromatic N) is 4. The molecule has 11 heteroatoms. The Bertz CT molecular complexity index is 1540. The minimum Gasteiger partial charge on any atom is -0.279 e. The summed E-state index contributed by atoms with van der Waals surface area (Å²) in [6.07, 6.45) is 5.83. The monoisotopic (exact) mass is 542 g/mol. The number of fused-ring (bicyclic) bond motifs is 1. The van der Waals surface area contributed by atoms with Gasteiger partial charge >= 0.3 is 0 Å². The maximum Gasteiger partial charge on any atom is 0.260 e. The summed E-state index contributed by atoms with van der Waals surface area (Å²) < 4.78 is 56.3. The van der Waals surface area contributed by atoms with Crippen LogP contribution >= 0.6 is 11.3 Å². The van der Waals surface area contributed by atoms with Gasteiger partial charge in [0.05, 0.1) is 16.1 Å². The number of aromatic nitrogens is 2. The molecule has 3 heterocycles. The van der Waals surface area contributed by atoms with Crippen LogP contribution in [0.25, 0.3) is 10.2 Å². The van der Waals surface area contributed by atoms with E-state index in [0.29, 0.717) is 12.1 Å². The molecule has 2 aromatic carbocycles. The fourth-order valence-corrected chi connectivity index (χ4v) is 7.15. The summed E-state index contributed by atoms with van der Waals surface area (Å²) in [6.45, 7) is 2.46. The quantitative estimate of drug-likeness (QED) is 0.327. The summed E-state index contributed by atoms with van der Waals surface area (Å²) in [5.74, 6) is -2.00. The van der Waals surface area contributed by atoms with Crippen LogP contribution in [0.5, 0.6) is 0 Å². The van der Waals surface area contributed by atoms with E-state index in [1.54, 1.807) is 24.5 Å². The molecule has 7 nitrogen and oxygen atoms in total. The number of rotatable bonds is 6. The topological polar surface area (TPSA) is 83.5 Å². The van der Waals surface area contributed by atoms with Crippen LogP contribution in [-0.4, -0.2) is 41.2 Å². The normalized spacial score (nSPS) is 16.7. The van der Waals surface area contributed by atoms with Crippen LogP contribution < -0.4 is 4.90 Å². The summed E-state index contributed by atoms with van der Waals surface area (Å²) in [5.41, 5.74) is 0.919. The molecule has 0 radical (unpaired) electrons. The average Bonchev–Trinajstić information content (AvgIpc) is 3.32. The fourth-order valence-electron chi connectivity index (χ4n) is 4.45. The van der Waals surface area contributed by atoms with Crippen molar-refractivity contribution in [3.05, 3.63) is 83.7 Å². The van der Waals surface area contributed by atoms with Crippen molar-refractivity contribution in [1.29, 1.82) is 0 Å². The zero-order valence-electron chi connectivity index (χ0n) is 20.0. The zero-order chi connectivity index (χ0) is 26.2. The summed E-state index contributed by atoms with van der Waals surface area (Å²) >= 11 is 0.993. The molecule has 4 aromatic rings. The molecular formula is C26H24F2N4O3S2. The van der Waals surface area contributed by atoms with Gasteiger partial charge in [-0.3, -0.25) is 14.7 Å². The Morgan fingerprint density at radius 3 is 2.65 bits per heavy atom. The smallest absolute Gasteiger partial charge is 0.260 e. The Morgan fingerprint density at radius 1 is 1.16 bits per heavy atom. The van der Waals surface area contributed by atoms with Gasteiger partial charge in [0.2, 0.25) is 10.0 Å². The molecule has 0 aliphatic carbocycles. The first-order valence-corrected chi connectivity index (χ1v) is 14.1. The van der Waals surface area contributed by atoms with Gasteiger partial charge in [-0.25, -0.2) is 22.2 Å². The molecule has 37 heavy (non-hydrogen) atoms. The first kappa shape index (κ1) is 25.4. The van der Waals surface area contributed by atoms with Gasteiger partial charge in [-0.1, -0.05) is 23.8 Å². The predicted octanol–water partition coefficient (Wildman–Crippen LogP) is 5.38. The van der Waals surface area contributed by atoms with Gasteiger partial charge in [0, 0.05) is 36.6 Å². The van der Waals surface area contributed by atoms with Crippen molar-refractivity contribution in [2.24, 2.45) is 0 Å². The minimum atomic E-state index is -3.69. The Morgan fingerprint density at radius 2 is 1.95 bits per heavy atom. The van der Waals surface area contributed by atoms with E-state index in [-0.39, 0.29) is 38.4 Å². The first-order chi connectivity index (χ1) is 17.7. The van der Waals surface area contributed by atoms with E-state index in [2.05, 4.69) is 9.97 Å². The number of carbonyl (C=O) groups is 1. The van der Waals surface area contributed by atoms with Crippen LogP contribution in [0.3, 0.4) is 0 Å². The molecule has 1 unspecified atom stereocenters. The number of amides is 1. The zero-order valence-corrected chi connectivity index (χ0v) is 21.6. The number of sulfonamides is 1. The third-order valence-electron chi connectivity index (χ3n) is 6.39. The molecule has 1 fully saturated rings. The van der Waals surface area contributed by atoms with Crippen LogP contribution in [0, 0.1) is 11.6 Å². The van der Waals surface area contributed by atoms with Gasteiger partial charge in [-0.05, 0) is 61.7 Å². The van der Waals surface area contributed by atoms with E-state index >= 15 is 0 Å². The molecule has 1 saturated heterocycles. The summed E-state index contributed by atoms with van der Waals surface area (Å²) in [7, 11) is -3.69. The highest BCUT2D eigenvalue weighted by molar-refractivity contribution is 7.89. The van der Waals surface area contributed by atoms with E-state index in [1.807, 2.05) is 6.92 Å². The Kier molecular flexibility index (Phi) is 7.02. The lowest BCUT2D eigenvalue weighted by Gasteiger charge is -2.32. The number of hydrogen-bond donors (Lipinski definition) is 0. The number of halogens is 2. The van der Waals surface area contributed by atoms with E-state index in [1.165, 1.54) is 39.5 Å². The number of carbonyl (C=O) groups excluding carboxylic acids is 1. The van der Waals surface area contributed by atoms with Crippen LogP contribution in [0.2, 0.25) is 0 Å². The van der Waals surface area contributed by atoms with Crippen molar-refractivity contribution in [1.82, 2.24) is 14.3 Å². The van der Waals surface area contributed by atoms with Gasteiger partial charge in [-0.15, -0.1) is 0 Å². The van der Waals surface area contributed by atoms with E-state index < -0.39 is 27.6 Å². The van der Waals surface area contributed by atoms with E-state index in [9.17, 15) is 22.0 Å². The lowest BCUT2D eigenvalue weighted by molar-refractivity contribution is 0.0985. The van der Waals surface area contributed by atoms with Crippen molar-refractivity contribution >= 4 is 42.6 Å². The number of thiazole rings is 1. The van der Waals surface area contributed by atoms with E-state index in [4.69, 9.17) is 0 Å². The molecule has 0 N–H and O–H groups in total. The van der Waals surface area contributed by atoms with Gasteiger partial charge in [0.25, 0.3) is 5.91 Å². The largest absolute Gasteiger partial charge is 0.279 e. The van der Waals surface area contributed by atoms with Crippen LogP contribution in [0.1, 0.15) is 42.1 Å². The van der Waals surface area contributed by atoms with Crippen molar-refractivity contribution < 1.29 is 22.0 Å². The molecule has 1 aliphatic heterocycles. The summed E-state index contributed by atoms with van der Waals surface area (Å²) in [5, 5.41) is 0.187. The first-order valence-electron chi connectivity index (χ1n) is 11.8. The Hall–Kier alpha value is -3.28. The highest BCUT2D eigenvalue weighted by atomic mass is 32.2. The number of piperidine rings is 1. The fraction of sp³-hybridized carbons (Fsp3) is 0.269. The minimum absolute atomic E-state index is 0.0255. The predicted molar refractivity (Wildman–Crippen MR) is 138 cm³/mol. The van der Waals surface area contributed by atoms with Crippen LogP contribution in [0.4, 0.5) is 13.9 Å². The second-order valence-electron chi connectivity index (χ2n) is 8.97. The van der Waals surface area contributed by atoms with Crippen LogP contribution in [-0.2, 0) is 16.6 Å². The summed E-state index contributed by atoms with van der Waals surface area (Å²) in [4.78, 5) is 23.5. The average molecular weight is 543 g/mol. The van der Waals surface area contributed by atoms with Crippen LogP contribution in [0.15, 0.2) is 65.8 Å².